The number of piperidine rings is 1. The molecule has 0 bridgehead atoms. The van der Waals surface area contributed by atoms with Crippen LogP contribution in [0.15, 0.2) is 24.3 Å². The quantitative estimate of drug-likeness (QED) is 0.305. The monoisotopic (exact) mass is 616 g/mol. The van der Waals surface area contributed by atoms with Crippen LogP contribution in [0.2, 0.25) is 5.02 Å². The molecule has 234 valence electrons. The molecule has 43 heavy (non-hydrogen) atoms. The summed E-state index contributed by atoms with van der Waals surface area (Å²) in [7, 11) is 1.34. The van der Waals surface area contributed by atoms with Gasteiger partial charge in [-0.2, -0.15) is 4.80 Å². The lowest BCUT2D eigenvalue weighted by atomic mass is 9.69. The molecule has 5 rings (SSSR count). The van der Waals surface area contributed by atoms with Crippen molar-refractivity contribution < 1.29 is 28.6 Å². The maximum atomic E-state index is 13.0. The summed E-state index contributed by atoms with van der Waals surface area (Å²) in [4.78, 5) is 43.7. The Balaban J connectivity index is 1.25. The van der Waals surface area contributed by atoms with Gasteiger partial charge in [0.25, 0.3) is 0 Å². The van der Waals surface area contributed by atoms with Crippen molar-refractivity contribution in [3.05, 3.63) is 40.7 Å². The molecule has 1 aromatic heterocycles. The molecule has 1 aliphatic carbocycles. The van der Waals surface area contributed by atoms with Crippen LogP contribution >= 0.6 is 11.6 Å². The molecule has 0 N–H and O–H groups in total. The average molecular weight is 617 g/mol. The zero-order valence-electron chi connectivity index (χ0n) is 25.1. The van der Waals surface area contributed by atoms with Crippen molar-refractivity contribution in [2.24, 2.45) is 17.8 Å². The van der Waals surface area contributed by atoms with Gasteiger partial charge >= 0.3 is 18.0 Å². The van der Waals surface area contributed by atoms with E-state index in [9.17, 15) is 14.4 Å². The van der Waals surface area contributed by atoms with Gasteiger partial charge in [0.05, 0.1) is 26.4 Å². The lowest BCUT2D eigenvalue weighted by Crippen LogP contribution is -2.55. The molecule has 3 heterocycles. The second-order valence-electron chi connectivity index (χ2n) is 11.8. The largest absolute Gasteiger partial charge is 0.465 e. The number of tetrazole rings is 1. The van der Waals surface area contributed by atoms with E-state index < -0.39 is 12.1 Å². The van der Waals surface area contributed by atoms with Crippen molar-refractivity contribution >= 4 is 29.6 Å². The Hall–Kier alpha value is -3.25. The van der Waals surface area contributed by atoms with Gasteiger partial charge in [0.1, 0.15) is 12.1 Å². The summed E-state index contributed by atoms with van der Waals surface area (Å²) in [5.41, 5.74) is 1.04. The van der Waals surface area contributed by atoms with Crippen LogP contribution in [0.25, 0.3) is 0 Å². The highest BCUT2D eigenvalue weighted by Gasteiger charge is 2.46. The number of rotatable bonds is 9. The van der Waals surface area contributed by atoms with E-state index in [1.165, 1.54) is 12.0 Å². The van der Waals surface area contributed by atoms with Crippen molar-refractivity contribution in [2.75, 3.05) is 40.0 Å². The summed E-state index contributed by atoms with van der Waals surface area (Å²) in [5, 5.41) is 13.9. The third-order valence-corrected chi connectivity index (χ3v) is 9.31. The van der Waals surface area contributed by atoms with Crippen molar-refractivity contribution in [1.82, 2.24) is 30.0 Å². The number of fused-ring (bicyclic) bond motifs is 1. The molecule has 3 fully saturated rings. The molecule has 0 spiro atoms. The van der Waals surface area contributed by atoms with Gasteiger partial charge in [0, 0.05) is 31.1 Å². The Morgan fingerprint density at radius 2 is 1.65 bits per heavy atom. The number of nitrogens with zero attached hydrogens (tertiary/aromatic N) is 6. The highest BCUT2D eigenvalue weighted by Crippen LogP contribution is 2.42. The minimum absolute atomic E-state index is 0.103. The first-order valence-electron chi connectivity index (χ1n) is 15.2. The van der Waals surface area contributed by atoms with Crippen LogP contribution in [-0.2, 0) is 30.2 Å². The normalized spacial score (nSPS) is 27.4. The van der Waals surface area contributed by atoms with E-state index in [4.69, 9.17) is 25.8 Å². The number of likely N-dealkylation sites (tertiary alicyclic amines) is 2. The van der Waals surface area contributed by atoms with E-state index in [1.54, 1.807) is 11.7 Å². The molecule has 2 aliphatic heterocycles. The van der Waals surface area contributed by atoms with Crippen LogP contribution in [0.5, 0.6) is 0 Å². The lowest BCUT2D eigenvalue weighted by molar-refractivity contribution is -0.153. The van der Waals surface area contributed by atoms with E-state index >= 15 is 0 Å². The van der Waals surface area contributed by atoms with Crippen molar-refractivity contribution in [3.63, 3.8) is 0 Å². The van der Waals surface area contributed by atoms with E-state index in [-0.39, 0.29) is 36.5 Å². The second-order valence-corrected chi connectivity index (χ2v) is 12.2. The van der Waals surface area contributed by atoms with Crippen molar-refractivity contribution in [2.45, 2.75) is 70.5 Å². The number of halogens is 1. The van der Waals surface area contributed by atoms with E-state index in [1.807, 2.05) is 31.2 Å². The number of esters is 2. The molecule has 2 saturated heterocycles. The Kier molecular flexibility index (Phi) is 10.2. The molecular formula is C30H41ClN6O6. The van der Waals surface area contributed by atoms with Crippen LogP contribution in [0.1, 0.15) is 63.4 Å². The molecule has 2 aromatic rings. The van der Waals surface area contributed by atoms with Crippen LogP contribution in [0.4, 0.5) is 4.79 Å². The van der Waals surface area contributed by atoms with Crippen LogP contribution in [-0.4, -0.2) is 100 Å². The van der Waals surface area contributed by atoms with Gasteiger partial charge in [-0.25, -0.2) is 9.59 Å². The van der Waals surface area contributed by atoms with Gasteiger partial charge in [0.2, 0.25) is 0 Å². The molecule has 3 aliphatic rings. The smallest absolute Gasteiger partial charge is 0.410 e. The van der Waals surface area contributed by atoms with Gasteiger partial charge < -0.3 is 14.2 Å². The third-order valence-electron chi connectivity index (χ3n) is 9.05. The molecule has 1 aromatic carbocycles. The topological polar surface area (TPSA) is 129 Å². The lowest BCUT2D eigenvalue weighted by Gasteiger charge is -2.46. The highest BCUT2D eigenvalue weighted by molar-refractivity contribution is 6.30. The number of ether oxygens (including phenoxy) is 3. The summed E-state index contributed by atoms with van der Waals surface area (Å²) in [5.74, 6) is 0.922. The Morgan fingerprint density at radius 1 is 0.930 bits per heavy atom. The van der Waals surface area contributed by atoms with Crippen LogP contribution < -0.4 is 0 Å². The van der Waals surface area contributed by atoms with Crippen molar-refractivity contribution in [3.8, 4) is 0 Å². The number of carbonyl (C=O) groups excluding carboxylic acids is 3. The molecule has 6 unspecified atom stereocenters. The number of amides is 1. The number of hydrogen-bond donors (Lipinski definition) is 0. The first-order chi connectivity index (χ1) is 20.8. The number of methoxy groups -OCH3 is 1. The molecule has 1 saturated carbocycles. The van der Waals surface area contributed by atoms with Gasteiger partial charge in [-0.05, 0) is 86.6 Å². The summed E-state index contributed by atoms with van der Waals surface area (Å²) in [6.45, 7) is 6.00. The van der Waals surface area contributed by atoms with E-state index in [0.29, 0.717) is 61.6 Å². The number of benzene rings is 1. The Labute approximate surface area is 256 Å². The van der Waals surface area contributed by atoms with Gasteiger partial charge in [0.15, 0.2) is 5.82 Å². The first-order valence-corrected chi connectivity index (χ1v) is 15.6. The summed E-state index contributed by atoms with van der Waals surface area (Å²) in [6, 6.07) is 6.44. The Bertz CT molecular complexity index is 1270. The SMILES string of the molecule is CCOC(=O)C1CC(n2nnc(Cc3ccc(Cl)cc3)n2)CN1CC1CCC2CN(C(=O)OC)C(C(=O)OCC)CC2C1. The fraction of sp³-hybridized carbons (Fsp3) is 0.667. The summed E-state index contributed by atoms with van der Waals surface area (Å²) < 4.78 is 15.7. The minimum Gasteiger partial charge on any atom is -0.465 e. The number of aromatic nitrogens is 4. The molecule has 12 nitrogen and oxygen atoms in total. The first kappa shape index (κ1) is 31.2. The maximum Gasteiger partial charge on any atom is 0.410 e. The molecular weight excluding hydrogens is 576 g/mol. The van der Waals surface area contributed by atoms with Crippen LogP contribution in [0, 0.1) is 17.8 Å². The highest BCUT2D eigenvalue weighted by atomic mass is 35.5. The zero-order chi connectivity index (χ0) is 30.5. The fourth-order valence-electron chi connectivity index (χ4n) is 7.02. The molecule has 6 atom stereocenters. The van der Waals surface area contributed by atoms with Crippen LogP contribution in [0.3, 0.4) is 0 Å². The van der Waals surface area contributed by atoms with Gasteiger partial charge in [-0.1, -0.05) is 23.7 Å². The number of carbonyl (C=O) groups is 3. The standard InChI is InChI=1S/C30H41ClN6O6/c1-4-42-28(38)25-15-24(37-33-27(32-34-37)13-19-7-10-23(31)11-8-19)18-35(25)16-20-6-9-21-17-36(30(40)41-3)26(14-22(21)12-20)29(39)43-5-2/h7-8,10-11,20-22,24-26H,4-6,9,12-18H2,1-3H3. The zero-order valence-corrected chi connectivity index (χ0v) is 25.8. The Morgan fingerprint density at radius 3 is 2.35 bits per heavy atom. The van der Waals surface area contributed by atoms with Gasteiger partial charge in [-0.15, -0.1) is 10.2 Å². The predicted molar refractivity (Wildman–Crippen MR) is 156 cm³/mol. The predicted octanol–water partition coefficient (Wildman–Crippen LogP) is 3.53. The minimum atomic E-state index is -0.642. The van der Waals surface area contributed by atoms with Crippen molar-refractivity contribution in [1.29, 1.82) is 0 Å². The van der Waals surface area contributed by atoms with E-state index in [2.05, 4.69) is 20.3 Å². The summed E-state index contributed by atoms with van der Waals surface area (Å²) >= 11 is 6.01. The third kappa shape index (κ3) is 7.29. The number of hydrogen-bond acceptors (Lipinski definition) is 10. The summed E-state index contributed by atoms with van der Waals surface area (Å²) in [6.07, 6.45) is 3.99. The average Bonchev–Trinajstić information content (AvgIpc) is 3.64. The maximum absolute atomic E-state index is 13.0. The molecule has 13 heteroatoms. The van der Waals surface area contributed by atoms with E-state index in [0.717, 1.165) is 31.4 Å². The second kappa shape index (κ2) is 14.0. The molecule has 0 radical (unpaired) electrons. The van der Waals surface area contributed by atoms with Gasteiger partial charge in [-0.3, -0.25) is 14.6 Å². The fourth-order valence-corrected chi connectivity index (χ4v) is 7.15. The molecule has 1 amide bonds.